The van der Waals surface area contributed by atoms with Crippen molar-refractivity contribution in [1.82, 2.24) is 20.1 Å². The zero-order chi connectivity index (χ0) is 43.1. The van der Waals surface area contributed by atoms with Crippen LogP contribution in [0, 0.1) is 25.7 Å². The molecule has 2 aliphatic rings. The highest BCUT2D eigenvalue weighted by atomic mass is 79.9. The van der Waals surface area contributed by atoms with Gasteiger partial charge in [-0.2, -0.15) is 5.10 Å². The molecule has 2 aliphatic carbocycles. The summed E-state index contributed by atoms with van der Waals surface area (Å²) < 4.78 is 1.76. The third kappa shape index (κ3) is 14.9. The Kier molecular flexibility index (Phi) is 19.4. The second-order valence-corrected chi connectivity index (χ2v) is 17.3. The Morgan fingerprint density at radius 1 is 0.897 bits per heavy atom. The molecular weight excluding hydrogens is 829 g/mol. The topological polar surface area (TPSA) is 88.9 Å². The van der Waals surface area contributed by atoms with Crippen molar-refractivity contribution in [2.75, 3.05) is 12.4 Å². The number of pyridine rings is 1. The highest BCUT2D eigenvalue weighted by Crippen LogP contribution is 2.29. The van der Waals surface area contributed by atoms with Crippen molar-refractivity contribution in [1.29, 1.82) is 0 Å². The van der Waals surface area contributed by atoms with Crippen LogP contribution in [-0.2, 0) is 0 Å². The molecule has 2 amide bonds. The fourth-order valence-electron chi connectivity index (χ4n) is 6.21. The molecule has 10 heteroatoms. The van der Waals surface area contributed by atoms with Crippen LogP contribution in [0.5, 0.6) is 0 Å². The number of aromatic nitrogens is 3. The third-order valence-corrected chi connectivity index (χ3v) is 11.0. The minimum atomic E-state index is -0.490. The first-order valence-corrected chi connectivity index (χ1v) is 21.4. The van der Waals surface area contributed by atoms with Gasteiger partial charge in [0.05, 0.1) is 16.3 Å². The van der Waals surface area contributed by atoms with Gasteiger partial charge in [-0.25, -0.2) is 9.67 Å². The average molecular weight is 890 g/mol. The number of carbonyl (C=O) groups is 2. The maximum atomic E-state index is 13.0. The number of anilines is 1. The zero-order valence-corrected chi connectivity index (χ0v) is 38.9. The summed E-state index contributed by atoms with van der Waals surface area (Å²) in [5.41, 5.74) is 10.2. The quantitative estimate of drug-likeness (QED) is 0.181. The van der Waals surface area contributed by atoms with Crippen LogP contribution < -0.4 is 10.6 Å². The lowest BCUT2D eigenvalue weighted by atomic mass is 9.86. The molecule has 0 radical (unpaired) electrons. The van der Waals surface area contributed by atoms with E-state index in [9.17, 15) is 9.59 Å². The van der Waals surface area contributed by atoms with Crippen LogP contribution in [-0.4, -0.2) is 33.6 Å². The highest BCUT2D eigenvalue weighted by molar-refractivity contribution is 9.10. The number of benzene rings is 2. The molecule has 4 aromatic rings. The van der Waals surface area contributed by atoms with Crippen molar-refractivity contribution in [2.24, 2.45) is 11.8 Å². The number of nitrogens with zero attached hydrogens (tertiary/aromatic N) is 3. The summed E-state index contributed by atoms with van der Waals surface area (Å²) in [6.07, 6.45) is 14.8. The molecule has 1 atom stereocenters. The summed E-state index contributed by atoms with van der Waals surface area (Å²) in [5.74, 6) is 1.60. The Hall–Kier alpha value is -4.24. The molecule has 2 aromatic carbocycles. The molecule has 2 N–H and O–H groups in total. The predicted octanol–water partition coefficient (Wildman–Crippen LogP) is 14.0. The normalized spacial score (nSPS) is 14.6. The lowest BCUT2D eigenvalue weighted by Gasteiger charge is -2.19. The minimum absolute atomic E-state index is 0.185. The number of amides is 2. The third-order valence-electron chi connectivity index (χ3n) is 10.1. The maximum absolute atomic E-state index is 13.0. The summed E-state index contributed by atoms with van der Waals surface area (Å²) in [6.45, 7) is 23.3. The summed E-state index contributed by atoms with van der Waals surface area (Å²) >= 11 is 15.5. The van der Waals surface area contributed by atoms with Gasteiger partial charge in [0.1, 0.15) is 10.3 Å². The van der Waals surface area contributed by atoms with Gasteiger partial charge in [0.15, 0.2) is 5.82 Å². The van der Waals surface area contributed by atoms with Crippen LogP contribution in [0.25, 0.3) is 5.82 Å². The summed E-state index contributed by atoms with van der Waals surface area (Å²) in [5, 5.41) is 10.3. The summed E-state index contributed by atoms with van der Waals surface area (Å²) in [6, 6.07) is 16.7. The molecule has 6 rings (SSSR count). The number of allylic oxidation sites excluding steroid dienone is 7. The van der Waals surface area contributed by atoms with E-state index >= 15 is 0 Å². The summed E-state index contributed by atoms with van der Waals surface area (Å²) in [4.78, 5) is 29.4. The van der Waals surface area contributed by atoms with E-state index in [0.29, 0.717) is 37.6 Å². The van der Waals surface area contributed by atoms with Gasteiger partial charge in [0.25, 0.3) is 11.8 Å². The van der Waals surface area contributed by atoms with E-state index in [4.69, 9.17) is 23.2 Å². The molecule has 0 fully saturated rings. The molecule has 58 heavy (non-hydrogen) atoms. The Labute approximate surface area is 365 Å². The van der Waals surface area contributed by atoms with Gasteiger partial charge in [-0.15, -0.1) is 0 Å². The maximum Gasteiger partial charge on any atom is 0.274 e. The monoisotopic (exact) mass is 887 g/mol. The van der Waals surface area contributed by atoms with E-state index in [-0.39, 0.29) is 17.2 Å². The van der Waals surface area contributed by atoms with E-state index in [1.807, 2.05) is 0 Å². The number of nitrogens with one attached hydrogen (secondary N) is 2. The number of hydrogen-bond donors (Lipinski definition) is 2. The number of carbonyl (C=O) groups excluding carboxylic acids is 2. The molecule has 0 saturated carbocycles. The lowest BCUT2D eigenvalue weighted by Crippen LogP contribution is -2.23. The van der Waals surface area contributed by atoms with Crippen molar-refractivity contribution in [3.63, 3.8) is 0 Å². The van der Waals surface area contributed by atoms with Crippen LogP contribution in [0.3, 0.4) is 0 Å². The second kappa shape index (κ2) is 23.4. The predicted molar refractivity (Wildman–Crippen MR) is 249 cm³/mol. The zero-order valence-electron chi connectivity index (χ0n) is 35.8. The van der Waals surface area contributed by atoms with E-state index in [1.165, 1.54) is 78.2 Å². The Bertz CT molecular complexity index is 2130. The van der Waals surface area contributed by atoms with Crippen molar-refractivity contribution in [3.8, 4) is 5.82 Å². The van der Waals surface area contributed by atoms with Gasteiger partial charge in [0.2, 0.25) is 0 Å². The molecule has 2 aromatic heterocycles. The standard InChI is InChI=1S/C18H14BrCl2N5O2.2C10H16.C10H14/c1-9-6-10(20)7-11(17(27)22-2)15(9)24-18(28)13-8-14(19)25-26(13)16-12(21)4-3-5-23-16;3*1-8(2)10-6-4-9(3)5-7-10/h3-8H,1-2H3,(H,22,27)(H,24,28);4,6,8H,5,7H2,1-3H3;4,10H,1,5-7H2,2-3H3;4-8H,1-3H3. The van der Waals surface area contributed by atoms with E-state index in [2.05, 4.69) is 141 Å². The van der Waals surface area contributed by atoms with Crippen molar-refractivity contribution < 1.29 is 9.59 Å². The SMILES string of the molecule is C=C(C)C1CC=C(C)CC1.CC1=CC=C(C(C)C)CC1.CNC(=O)c1cc(Cl)cc(C)c1NC(=O)c1cc(Br)nn1-c1ncccc1Cl.Cc1ccc(C(C)C)cc1. The van der Waals surface area contributed by atoms with E-state index in [1.54, 1.807) is 42.5 Å². The van der Waals surface area contributed by atoms with Gasteiger partial charge < -0.3 is 10.6 Å². The fraction of sp³-hybridized carbons (Fsp3) is 0.375. The van der Waals surface area contributed by atoms with Crippen molar-refractivity contribution in [3.05, 3.63) is 150 Å². The Morgan fingerprint density at radius 3 is 2.12 bits per heavy atom. The van der Waals surface area contributed by atoms with Crippen LogP contribution in [0.4, 0.5) is 5.69 Å². The molecule has 1 unspecified atom stereocenters. The van der Waals surface area contributed by atoms with Gasteiger partial charge in [-0.05, 0) is 136 Å². The second-order valence-electron chi connectivity index (χ2n) is 15.6. The minimum Gasteiger partial charge on any atom is -0.355 e. The largest absolute Gasteiger partial charge is 0.355 e. The molecule has 0 bridgehead atoms. The number of aryl methyl sites for hydroxylation is 2. The van der Waals surface area contributed by atoms with E-state index in [0.717, 1.165) is 11.8 Å². The molecule has 0 aliphatic heterocycles. The van der Waals surface area contributed by atoms with Crippen molar-refractivity contribution >= 4 is 56.6 Å². The molecule has 310 valence electrons. The first kappa shape index (κ1) is 48.1. The molecular formula is C48H60BrCl2N5O2. The molecule has 7 nitrogen and oxygen atoms in total. The van der Waals surface area contributed by atoms with Gasteiger partial charge in [-0.3, -0.25) is 9.59 Å². The van der Waals surface area contributed by atoms with E-state index < -0.39 is 5.91 Å². The Balaban J connectivity index is 0.000000244. The van der Waals surface area contributed by atoms with Gasteiger partial charge in [0, 0.05) is 24.3 Å². The first-order valence-electron chi connectivity index (χ1n) is 19.9. The van der Waals surface area contributed by atoms with Crippen LogP contribution in [0.2, 0.25) is 10.0 Å². The molecule has 0 spiro atoms. The van der Waals surface area contributed by atoms with Gasteiger partial charge >= 0.3 is 0 Å². The molecule has 2 heterocycles. The van der Waals surface area contributed by atoms with Crippen LogP contribution in [0.1, 0.15) is 124 Å². The number of halogens is 3. The molecule has 0 saturated heterocycles. The summed E-state index contributed by atoms with van der Waals surface area (Å²) in [7, 11) is 1.50. The van der Waals surface area contributed by atoms with Crippen LogP contribution >= 0.6 is 39.1 Å². The first-order chi connectivity index (χ1) is 27.4. The fourth-order valence-corrected chi connectivity index (χ4v) is 7.06. The van der Waals surface area contributed by atoms with Crippen LogP contribution in [0.15, 0.2) is 112 Å². The highest BCUT2D eigenvalue weighted by Gasteiger charge is 2.22. The number of rotatable bonds is 7. The Morgan fingerprint density at radius 2 is 1.59 bits per heavy atom. The lowest BCUT2D eigenvalue weighted by molar-refractivity contribution is 0.0964. The van der Waals surface area contributed by atoms with Crippen molar-refractivity contribution in [2.45, 2.75) is 100 Å². The van der Waals surface area contributed by atoms with Gasteiger partial charge in [-0.1, -0.05) is 128 Å². The number of hydrogen-bond acceptors (Lipinski definition) is 4. The average Bonchev–Trinajstić information content (AvgIpc) is 3.58. The smallest absolute Gasteiger partial charge is 0.274 e.